The van der Waals surface area contributed by atoms with E-state index in [0.717, 1.165) is 43.4 Å². The summed E-state index contributed by atoms with van der Waals surface area (Å²) in [6.07, 6.45) is 5.18. The number of hydrazone groups is 1. The van der Waals surface area contributed by atoms with Crippen LogP contribution in [0.5, 0.6) is 0 Å². The van der Waals surface area contributed by atoms with Crippen LogP contribution in [0.4, 0.5) is 16.2 Å². The number of anilines is 2. The number of furan rings is 1. The molecule has 5 rings (SSSR count). The second-order valence-electron chi connectivity index (χ2n) is 12.2. The molecule has 2 aromatic carbocycles. The molecule has 0 spiro atoms. The second kappa shape index (κ2) is 12.9. The first kappa shape index (κ1) is 30.7. The molecule has 0 atom stereocenters. The van der Waals surface area contributed by atoms with Crippen LogP contribution >= 0.6 is 0 Å². The lowest BCUT2D eigenvalue weighted by atomic mass is 9.83. The van der Waals surface area contributed by atoms with Gasteiger partial charge in [-0.05, 0) is 43.2 Å². The van der Waals surface area contributed by atoms with Crippen molar-refractivity contribution in [2.45, 2.75) is 52.9 Å². The van der Waals surface area contributed by atoms with Crippen molar-refractivity contribution in [1.82, 2.24) is 5.01 Å². The number of esters is 1. The Labute approximate surface area is 257 Å². The molecule has 0 bridgehead atoms. The number of carbonyl (C=O) groups is 4. The van der Waals surface area contributed by atoms with Crippen molar-refractivity contribution >= 4 is 40.8 Å². The molecular formula is C34H38N4O6. The lowest BCUT2D eigenvalue weighted by Crippen LogP contribution is -2.47. The van der Waals surface area contributed by atoms with E-state index in [1.165, 1.54) is 23.1 Å². The number of amides is 3. The average Bonchev–Trinajstić information content (AvgIpc) is 3.48. The molecule has 2 heterocycles. The SMILES string of the molecule is COC(=O)c1ccc(-c2cccc(NC(=O)CN3N=C(C4CCCCC4)c4ccccc4N(CC(=O)C(C)(C)C)C3=O)c2)o1. The van der Waals surface area contributed by atoms with Gasteiger partial charge in [-0.15, -0.1) is 0 Å². The molecule has 3 aromatic rings. The molecular weight excluding hydrogens is 560 g/mol. The van der Waals surface area contributed by atoms with E-state index in [9.17, 15) is 19.2 Å². The molecule has 230 valence electrons. The van der Waals surface area contributed by atoms with Crippen LogP contribution in [0.2, 0.25) is 0 Å². The summed E-state index contributed by atoms with van der Waals surface area (Å²) in [7, 11) is 1.28. The summed E-state index contributed by atoms with van der Waals surface area (Å²) in [5.74, 6) is -0.499. The predicted molar refractivity (Wildman–Crippen MR) is 168 cm³/mol. The number of urea groups is 1. The largest absolute Gasteiger partial charge is 0.463 e. The van der Waals surface area contributed by atoms with E-state index in [2.05, 4.69) is 5.32 Å². The highest BCUT2D eigenvalue weighted by atomic mass is 16.5. The Bertz CT molecular complexity index is 1590. The highest BCUT2D eigenvalue weighted by Crippen LogP contribution is 2.35. The number of nitrogens with one attached hydrogen (secondary N) is 1. The monoisotopic (exact) mass is 598 g/mol. The third-order valence-corrected chi connectivity index (χ3v) is 8.00. The standard InChI is InChI=1S/C34H38N4O6/c1-34(2,3)29(39)20-37-26-16-9-8-15-25(26)31(22-11-6-5-7-12-22)36-38(33(37)42)21-30(40)35-24-14-10-13-23(19-24)27-17-18-28(44-27)32(41)43-4/h8-10,13-19,22H,5-7,11-12,20-21H2,1-4H3,(H,35,40). The summed E-state index contributed by atoms with van der Waals surface area (Å²) in [5, 5.41) is 8.89. The first-order chi connectivity index (χ1) is 21.0. The number of carbonyl (C=O) groups excluding carboxylic acids is 4. The molecule has 44 heavy (non-hydrogen) atoms. The van der Waals surface area contributed by atoms with Crippen LogP contribution in [-0.4, -0.2) is 54.6 Å². The highest BCUT2D eigenvalue weighted by Gasteiger charge is 2.36. The normalized spacial score (nSPS) is 15.7. The van der Waals surface area contributed by atoms with Crippen LogP contribution < -0.4 is 10.2 Å². The fourth-order valence-corrected chi connectivity index (χ4v) is 5.50. The van der Waals surface area contributed by atoms with Gasteiger partial charge in [-0.3, -0.25) is 14.5 Å². The van der Waals surface area contributed by atoms with Crippen molar-refractivity contribution in [3.63, 3.8) is 0 Å². The maximum Gasteiger partial charge on any atom is 0.373 e. The maximum atomic E-state index is 14.1. The van der Waals surface area contributed by atoms with Gasteiger partial charge < -0.3 is 14.5 Å². The molecule has 1 fully saturated rings. The number of hydrogen-bond donors (Lipinski definition) is 1. The van der Waals surface area contributed by atoms with Gasteiger partial charge in [-0.25, -0.2) is 14.6 Å². The number of ketones is 1. The molecule has 1 aromatic heterocycles. The molecule has 1 aliphatic heterocycles. The quantitative estimate of drug-likeness (QED) is 0.295. The van der Waals surface area contributed by atoms with Crippen molar-refractivity contribution in [2.24, 2.45) is 16.4 Å². The molecule has 1 saturated carbocycles. The van der Waals surface area contributed by atoms with Crippen molar-refractivity contribution in [3.8, 4) is 11.3 Å². The van der Waals surface area contributed by atoms with Crippen LogP contribution in [0.1, 0.15) is 69.0 Å². The smallest absolute Gasteiger partial charge is 0.373 e. The Morgan fingerprint density at radius 1 is 0.977 bits per heavy atom. The summed E-state index contributed by atoms with van der Waals surface area (Å²) in [4.78, 5) is 53.9. The number of methoxy groups -OCH3 is 1. The number of nitrogens with zero attached hydrogens (tertiary/aromatic N) is 3. The number of benzene rings is 2. The van der Waals surface area contributed by atoms with E-state index in [0.29, 0.717) is 22.7 Å². The zero-order valence-corrected chi connectivity index (χ0v) is 25.6. The van der Waals surface area contributed by atoms with Gasteiger partial charge in [0.1, 0.15) is 12.3 Å². The van der Waals surface area contributed by atoms with Gasteiger partial charge in [0.15, 0.2) is 5.78 Å². The summed E-state index contributed by atoms with van der Waals surface area (Å²) in [6, 6.07) is 17.2. The van der Waals surface area contributed by atoms with Crippen molar-refractivity contribution in [2.75, 3.05) is 30.4 Å². The molecule has 10 heteroatoms. The third kappa shape index (κ3) is 6.74. The first-order valence-corrected chi connectivity index (χ1v) is 14.9. The zero-order chi connectivity index (χ0) is 31.4. The zero-order valence-electron chi connectivity index (χ0n) is 25.6. The minimum absolute atomic E-state index is 0.0683. The van der Waals surface area contributed by atoms with Gasteiger partial charge >= 0.3 is 12.0 Å². The van der Waals surface area contributed by atoms with Crippen molar-refractivity contribution in [1.29, 1.82) is 0 Å². The number of rotatable bonds is 8. The van der Waals surface area contributed by atoms with Crippen molar-refractivity contribution < 1.29 is 28.3 Å². The van der Waals surface area contributed by atoms with Gasteiger partial charge in [0.2, 0.25) is 11.7 Å². The Balaban J connectivity index is 1.43. The topological polar surface area (TPSA) is 122 Å². The first-order valence-electron chi connectivity index (χ1n) is 14.9. The summed E-state index contributed by atoms with van der Waals surface area (Å²) >= 11 is 0. The minimum atomic E-state index is -0.659. The summed E-state index contributed by atoms with van der Waals surface area (Å²) in [6.45, 7) is 4.99. The summed E-state index contributed by atoms with van der Waals surface area (Å²) in [5.41, 5.74) is 2.67. The molecule has 0 saturated heterocycles. The third-order valence-electron chi connectivity index (χ3n) is 8.00. The minimum Gasteiger partial charge on any atom is -0.463 e. The van der Waals surface area contributed by atoms with Gasteiger partial charge in [0.05, 0.1) is 25.1 Å². The fraction of sp³-hybridized carbons (Fsp3) is 0.382. The Kier molecular flexibility index (Phi) is 8.98. The van der Waals surface area contributed by atoms with E-state index in [-0.39, 0.29) is 30.6 Å². The number of ether oxygens (including phenoxy) is 1. The van der Waals surface area contributed by atoms with Crippen LogP contribution in [0.25, 0.3) is 11.3 Å². The molecule has 0 radical (unpaired) electrons. The Morgan fingerprint density at radius 3 is 2.45 bits per heavy atom. The summed E-state index contributed by atoms with van der Waals surface area (Å²) < 4.78 is 10.3. The van der Waals surface area contributed by atoms with Gasteiger partial charge in [0.25, 0.3) is 0 Å². The van der Waals surface area contributed by atoms with E-state index < -0.39 is 23.3 Å². The Hall–Kier alpha value is -4.73. The van der Waals surface area contributed by atoms with Crippen LogP contribution in [-0.2, 0) is 14.3 Å². The van der Waals surface area contributed by atoms with Crippen molar-refractivity contribution in [3.05, 3.63) is 72.0 Å². The number of Topliss-reactive ketones (excluding diaryl/α,β-unsaturated/α-hetero) is 1. The van der Waals surface area contributed by atoms with Gasteiger partial charge in [-0.1, -0.05) is 70.4 Å². The molecule has 2 aliphatic rings. The van der Waals surface area contributed by atoms with E-state index >= 15 is 0 Å². The molecule has 1 N–H and O–H groups in total. The van der Waals surface area contributed by atoms with Gasteiger partial charge in [0, 0.05) is 28.1 Å². The number of hydrogen-bond acceptors (Lipinski definition) is 7. The lowest BCUT2D eigenvalue weighted by Gasteiger charge is -2.28. The van der Waals surface area contributed by atoms with E-state index in [1.54, 1.807) is 30.3 Å². The average molecular weight is 599 g/mol. The molecule has 10 nitrogen and oxygen atoms in total. The molecule has 1 aliphatic carbocycles. The molecule has 3 amide bonds. The van der Waals surface area contributed by atoms with Crippen LogP contribution in [0, 0.1) is 11.3 Å². The van der Waals surface area contributed by atoms with Crippen LogP contribution in [0.15, 0.2) is 70.2 Å². The van der Waals surface area contributed by atoms with E-state index in [4.69, 9.17) is 14.3 Å². The number of fused-ring (bicyclic) bond motifs is 1. The molecule has 0 unspecified atom stereocenters. The van der Waals surface area contributed by atoms with Crippen LogP contribution in [0.3, 0.4) is 0 Å². The second-order valence-corrected chi connectivity index (χ2v) is 12.2. The lowest BCUT2D eigenvalue weighted by molar-refractivity contribution is -0.124. The fourth-order valence-electron chi connectivity index (χ4n) is 5.50. The predicted octanol–water partition coefficient (Wildman–Crippen LogP) is 6.51. The van der Waals surface area contributed by atoms with E-state index in [1.807, 2.05) is 45.0 Å². The van der Waals surface area contributed by atoms with Gasteiger partial charge in [-0.2, -0.15) is 5.10 Å². The number of para-hydroxylation sites is 1. The highest BCUT2D eigenvalue weighted by molar-refractivity contribution is 6.13. The Morgan fingerprint density at radius 2 is 1.73 bits per heavy atom. The maximum absolute atomic E-state index is 14.1.